The summed E-state index contributed by atoms with van der Waals surface area (Å²) < 4.78 is 51.0. The predicted octanol–water partition coefficient (Wildman–Crippen LogP) is 2.08. The lowest BCUT2D eigenvalue weighted by Gasteiger charge is -2.46. The number of rotatable bonds is 13. The fourth-order valence-corrected chi connectivity index (χ4v) is 6.65. The van der Waals surface area contributed by atoms with Crippen LogP contribution in [-0.2, 0) is 61.8 Å². The van der Waals surface area contributed by atoms with Crippen molar-refractivity contribution < 1.29 is 76.5 Å². The molecule has 53 heavy (non-hydrogen) atoms. The molecule has 1 N–H and O–H groups in total. The topological polar surface area (TPSA) is 206 Å². The summed E-state index contributed by atoms with van der Waals surface area (Å²) >= 11 is 0. The first-order valence-corrected chi connectivity index (χ1v) is 17.1. The Kier molecular flexibility index (Phi) is 12.8. The Morgan fingerprint density at radius 1 is 0.887 bits per heavy atom. The number of hydrogen-bond donors (Lipinski definition) is 1. The molecule has 3 saturated heterocycles. The summed E-state index contributed by atoms with van der Waals surface area (Å²) in [5.74, 6) is -7.24. The van der Waals surface area contributed by atoms with Gasteiger partial charge in [0.25, 0.3) is 5.79 Å². The van der Waals surface area contributed by atoms with Crippen LogP contribution in [0.4, 0.5) is 0 Å². The summed E-state index contributed by atoms with van der Waals surface area (Å²) in [6.07, 6.45) is -10.1. The van der Waals surface area contributed by atoms with Crippen LogP contribution in [0.25, 0.3) is 0 Å². The summed E-state index contributed by atoms with van der Waals surface area (Å²) in [7, 11) is 1.10. The first-order valence-electron chi connectivity index (χ1n) is 17.1. The second-order valence-electron chi connectivity index (χ2n) is 12.9. The van der Waals surface area contributed by atoms with Gasteiger partial charge in [0.2, 0.25) is 0 Å². The molecule has 16 nitrogen and oxygen atoms in total. The molecule has 0 spiro atoms. The summed E-state index contributed by atoms with van der Waals surface area (Å²) in [6.45, 7) is 3.02. The number of ether oxygens (including phenoxy) is 9. The quantitative estimate of drug-likeness (QED) is 0.230. The zero-order chi connectivity index (χ0) is 38.3. The molecule has 2 aromatic rings. The van der Waals surface area contributed by atoms with Gasteiger partial charge in [0.05, 0.1) is 49.9 Å². The van der Waals surface area contributed by atoms with Crippen molar-refractivity contribution in [1.29, 1.82) is 0 Å². The summed E-state index contributed by atoms with van der Waals surface area (Å²) in [5, 5.41) is 11.7. The SMILES string of the molecule is COC(=O)C1(OCC2OC(C)C(OC(=O)c3ccccc3)C(OC(=O)c3ccccc3)C2O)CC2OC(=O)CC2C(CC(COC(C)=O)OC(C)=O)O1. The minimum absolute atomic E-state index is 0.0769. The molecule has 3 fully saturated rings. The van der Waals surface area contributed by atoms with Crippen molar-refractivity contribution in [2.24, 2.45) is 5.92 Å². The molecule has 0 saturated carbocycles. The molecule has 0 radical (unpaired) electrons. The van der Waals surface area contributed by atoms with Crippen LogP contribution >= 0.6 is 0 Å². The Morgan fingerprint density at radius 2 is 1.49 bits per heavy atom. The zero-order valence-corrected chi connectivity index (χ0v) is 29.6. The number of carbonyl (C=O) groups excluding carboxylic acids is 6. The normalized spacial score (nSPS) is 29.8. The molecule has 0 bridgehead atoms. The summed E-state index contributed by atoms with van der Waals surface area (Å²) in [6, 6.07) is 16.1. The van der Waals surface area contributed by atoms with Gasteiger partial charge in [-0.25, -0.2) is 14.4 Å². The maximum Gasteiger partial charge on any atom is 0.366 e. The van der Waals surface area contributed by atoms with Gasteiger partial charge in [0, 0.05) is 26.2 Å². The molecule has 3 aliphatic rings. The number of aliphatic hydroxyl groups excluding tert-OH is 1. The molecule has 10 unspecified atom stereocenters. The van der Waals surface area contributed by atoms with E-state index in [4.69, 9.17) is 42.6 Å². The van der Waals surface area contributed by atoms with Gasteiger partial charge in [-0.2, -0.15) is 0 Å². The van der Waals surface area contributed by atoms with E-state index in [9.17, 15) is 33.9 Å². The second-order valence-corrected chi connectivity index (χ2v) is 12.9. The molecule has 2 aromatic carbocycles. The van der Waals surface area contributed by atoms with Gasteiger partial charge in [-0.05, 0) is 31.2 Å². The van der Waals surface area contributed by atoms with Gasteiger partial charge in [-0.15, -0.1) is 0 Å². The lowest BCUT2D eigenvalue weighted by Crippen LogP contribution is -2.62. The minimum atomic E-state index is -2.23. The molecule has 10 atom stereocenters. The average Bonchev–Trinajstić information content (AvgIpc) is 3.52. The van der Waals surface area contributed by atoms with Gasteiger partial charge in [-0.1, -0.05) is 36.4 Å². The van der Waals surface area contributed by atoms with Gasteiger partial charge in [-0.3, -0.25) is 14.4 Å². The maximum atomic E-state index is 13.5. The molecule has 16 heteroatoms. The molecular formula is C37H42O16. The highest BCUT2D eigenvalue weighted by Crippen LogP contribution is 2.43. The number of hydrogen-bond acceptors (Lipinski definition) is 16. The van der Waals surface area contributed by atoms with Crippen LogP contribution in [0.15, 0.2) is 60.7 Å². The van der Waals surface area contributed by atoms with Crippen molar-refractivity contribution >= 4 is 35.8 Å². The number of benzene rings is 2. The van der Waals surface area contributed by atoms with Crippen LogP contribution in [-0.4, -0.2) is 116 Å². The predicted molar refractivity (Wildman–Crippen MR) is 177 cm³/mol. The van der Waals surface area contributed by atoms with Gasteiger partial charge < -0.3 is 47.7 Å². The molecule has 286 valence electrons. The van der Waals surface area contributed by atoms with E-state index in [-0.39, 0.29) is 37.0 Å². The lowest BCUT2D eigenvalue weighted by molar-refractivity contribution is -0.316. The van der Waals surface area contributed by atoms with Gasteiger partial charge in [0.1, 0.15) is 31.0 Å². The van der Waals surface area contributed by atoms with Crippen molar-refractivity contribution in [2.75, 3.05) is 20.3 Å². The second kappa shape index (κ2) is 17.3. The highest BCUT2D eigenvalue weighted by atomic mass is 16.7. The molecule has 0 amide bonds. The van der Waals surface area contributed by atoms with Gasteiger partial charge >= 0.3 is 35.8 Å². The van der Waals surface area contributed by atoms with E-state index in [2.05, 4.69) is 0 Å². The molecule has 0 aliphatic carbocycles. The Hall–Kier alpha value is -4.90. The van der Waals surface area contributed by atoms with Crippen molar-refractivity contribution in [3.05, 3.63) is 71.8 Å². The number of fused-ring (bicyclic) bond motifs is 1. The van der Waals surface area contributed by atoms with Crippen LogP contribution in [0.1, 0.15) is 60.7 Å². The molecule has 0 aromatic heterocycles. The van der Waals surface area contributed by atoms with Gasteiger partial charge in [0.15, 0.2) is 12.2 Å². The smallest absolute Gasteiger partial charge is 0.366 e. The fourth-order valence-electron chi connectivity index (χ4n) is 6.65. The first-order chi connectivity index (χ1) is 25.3. The lowest BCUT2D eigenvalue weighted by atomic mass is 9.84. The number of methoxy groups -OCH3 is 1. The standard InChI is InChI=1S/C37H42O16/c1-20-32(51-34(42)23-11-7-5-8-12-23)33(52-35(43)24-13-9-6-10-14-24)31(41)29(48-20)19-47-37(36(44)45-4)17-28-26(16-30(40)50-28)27(53-37)15-25(49-22(3)39)18-46-21(2)38/h5-14,20,25-29,31-33,41H,15-19H2,1-4H3. The highest BCUT2D eigenvalue weighted by Gasteiger charge is 2.59. The van der Waals surface area contributed by atoms with E-state index in [0.29, 0.717) is 0 Å². The van der Waals surface area contributed by atoms with E-state index in [1.54, 1.807) is 43.3 Å². The van der Waals surface area contributed by atoms with Crippen molar-refractivity contribution in [3.63, 3.8) is 0 Å². The van der Waals surface area contributed by atoms with E-state index in [0.717, 1.165) is 7.11 Å². The van der Waals surface area contributed by atoms with Crippen LogP contribution < -0.4 is 0 Å². The number of esters is 6. The van der Waals surface area contributed by atoms with E-state index in [1.165, 1.54) is 38.1 Å². The molecule has 3 heterocycles. The number of aliphatic hydroxyl groups is 1. The monoisotopic (exact) mass is 742 g/mol. The van der Waals surface area contributed by atoms with E-state index >= 15 is 0 Å². The van der Waals surface area contributed by atoms with Crippen LogP contribution in [0.5, 0.6) is 0 Å². The molecule has 5 rings (SSSR count). The number of carbonyl (C=O) groups is 6. The minimum Gasteiger partial charge on any atom is -0.465 e. The maximum absolute atomic E-state index is 13.5. The Morgan fingerprint density at radius 3 is 2.06 bits per heavy atom. The van der Waals surface area contributed by atoms with Crippen LogP contribution in [0.2, 0.25) is 0 Å². The third kappa shape index (κ3) is 9.56. The van der Waals surface area contributed by atoms with E-state index < -0.39 is 103 Å². The Labute approximate surface area is 304 Å². The van der Waals surface area contributed by atoms with Crippen molar-refractivity contribution in [1.82, 2.24) is 0 Å². The van der Waals surface area contributed by atoms with E-state index in [1.807, 2.05) is 0 Å². The van der Waals surface area contributed by atoms with Crippen molar-refractivity contribution in [3.8, 4) is 0 Å². The molecule has 3 aliphatic heterocycles. The van der Waals surface area contributed by atoms with Crippen molar-refractivity contribution in [2.45, 2.75) is 94.7 Å². The summed E-state index contributed by atoms with van der Waals surface area (Å²) in [5.41, 5.74) is 0.388. The third-order valence-corrected chi connectivity index (χ3v) is 9.13. The Balaban J connectivity index is 1.39. The fraction of sp³-hybridized carbons (Fsp3) is 0.514. The first kappa shape index (κ1) is 39.3. The largest absolute Gasteiger partial charge is 0.465 e. The highest BCUT2D eigenvalue weighted by molar-refractivity contribution is 5.90. The average molecular weight is 743 g/mol. The zero-order valence-electron chi connectivity index (χ0n) is 29.6. The third-order valence-electron chi connectivity index (χ3n) is 9.13. The van der Waals surface area contributed by atoms with Crippen LogP contribution in [0, 0.1) is 5.92 Å². The molecular weight excluding hydrogens is 700 g/mol. The van der Waals surface area contributed by atoms with Crippen LogP contribution in [0.3, 0.4) is 0 Å². The summed E-state index contributed by atoms with van der Waals surface area (Å²) in [4.78, 5) is 75.7. The Bertz CT molecular complexity index is 1630.